The molecule has 7 nitrogen and oxygen atoms in total. The van der Waals surface area contributed by atoms with Crippen LogP contribution in [0.2, 0.25) is 0 Å². The quantitative estimate of drug-likeness (QED) is 0.821. The first-order valence-electron chi connectivity index (χ1n) is 9.44. The topological polar surface area (TPSA) is 95.9 Å². The first kappa shape index (κ1) is 20.4. The van der Waals surface area contributed by atoms with Crippen LogP contribution in [0.1, 0.15) is 48.3 Å². The van der Waals surface area contributed by atoms with Crippen molar-refractivity contribution in [2.24, 2.45) is 5.92 Å². The number of aromatic carboxylic acids is 1. The number of anilines is 1. The molecule has 2 N–H and O–H groups in total. The van der Waals surface area contributed by atoms with Gasteiger partial charge in [0.25, 0.3) is 0 Å². The maximum atomic E-state index is 12.5. The predicted molar refractivity (Wildman–Crippen MR) is 108 cm³/mol. The molecule has 2 aromatic carbocycles. The highest BCUT2D eigenvalue weighted by atomic mass is 16.5. The zero-order chi connectivity index (χ0) is 21.1. The van der Waals surface area contributed by atoms with Gasteiger partial charge >= 0.3 is 12.1 Å². The molecule has 1 aliphatic rings. The van der Waals surface area contributed by atoms with E-state index in [4.69, 9.17) is 4.74 Å². The second-order valence-electron chi connectivity index (χ2n) is 7.25. The lowest BCUT2D eigenvalue weighted by Crippen LogP contribution is -2.50. The van der Waals surface area contributed by atoms with Crippen LogP contribution >= 0.6 is 0 Å². The summed E-state index contributed by atoms with van der Waals surface area (Å²) in [4.78, 5) is 37.8. The van der Waals surface area contributed by atoms with Crippen LogP contribution in [0.5, 0.6) is 0 Å². The number of amides is 2. The van der Waals surface area contributed by atoms with E-state index in [1.165, 1.54) is 19.1 Å². The van der Waals surface area contributed by atoms with Crippen LogP contribution in [0.25, 0.3) is 0 Å². The van der Waals surface area contributed by atoms with Gasteiger partial charge in [0, 0.05) is 24.6 Å². The number of carboxylic acid groups (broad SMARTS) is 1. The molecule has 2 aromatic rings. The van der Waals surface area contributed by atoms with Gasteiger partial charge in [-0.15, -0.1) is 0 Å². The fourth-order valence-corrected chi connectivity index (χ4v) is 3.73. The number of hydrogen-bond acceptors (Lipinski definition) is 4. The minimum Gasteiger partial charge on any atom is -0.478 e. The molecule has 7 heteroatoms. The Morgan fingerprint density at radius 3 is 2.41 bits per heavy atom. The second kappa shape index (κ2) is 8.34. The lowest BCUT2D eigenvalue weighted by atomic mass is 9.82. The van der Waals surface area contributed by atoms with Crippen LogP contribution < -0.4 is 10.2 Å². The van der Waals surface area contributed by atoms with E-state index in [9.17, 15) is 19.5 Å². The second-order valence-corrected chi connectivity index (χ2v) is 7.25. The van der Waals surface area contributed by atoms with Crippen molar-refractivity contribution < 1.29 is 24.2 Å². The molecule has 0 saturated carbocycles. The molecule has 0 bridgehead atoms. The van der Waals surface area contributed by atoms with Crippen LogP contribution in [-0.2, 0) is 16.1 Å². The first-order valence-corrected chi connectivity index (χ1v) is 9.44. The molecule has 0 fully saturated rings. The first-order chi connectivity index (χ1) is 13.8. The summed E-state index contributed by atoms with van der Waals surface area (Å²) in [6.07, 6.45) is -0.596. The van der Waals surface area contributed by atoms with Gasteiger partial charge < -0.3 is 20.1 Å². The lowest BCUT2D eigenvalue weighted by molar-refractivity contribution is -0.117. The van der Waals surface area contributed by atoms with E-state index in [2.05, 4.69) is 5.32 Å². The van der Waals surface area contributed by atoms with Gasteiger partial charge in [-0.05, 0) is 36.2 Å². The molecule has 3 unspecified atom stereocenters. The molecule has 3 rings (SSSR count). The number of ether oxygens (including phenoxy) is 1. The molecular weight excluding hydrogens is 372 g/mol. The Hall–Kier alpha value is -3.35. The lowest BCUT2D eigenvalue weighted by Gasteiger charge is -2.43. The fourth-order valence-electron chi connectivity index (χ4n) is 3.73. The zero-order valence-corrected chi connectivity index (χ0v) is 16.6. The zero-order valence-electron chi connectivity index (χ0n) is 16.6. The Labute approximate surface area is 169 Å². The van der Waals surface area contributed by atoms with E-state index in [0.29, 0.717) is 11.3 Å². The Balaban J connectivity index is 1.88. The van der Waals surface area contributed by atoms with Gasteiger partial charge in [-0.3, -0.25) is 4.79 Å². The highest BCUT2D eigenvalue weighted by Gasteiger charge is 2.39. The van der Waals surface area contributed by atoms with Gasteiger partial charge in [0.2, 0.25) is 5.91 Å². The van der Waals surface area contributed by atoms with Crippen LogP contribution in [-0.4, -0.2) is 29.1 Å². The number of nitrogens with zero attached hydrogens (tertiary/aromatic N) is 1. The van der Waals surface area contributed by atoms with Gasteiger partial charge in [0.05, 0.1) is 11.6 Å². The number of alkyl carbamates (subject to hydrolysis) is 1. The summed E-state index contributed by atoms with van der Waals surface area (Å²) in [5.41, 5.74) is 2.14. The maximum Gasteiger partial charge on any atom is 0.407 e. The van der Waals surface area contributed by atoms with Crippen molar-refractivity contribution in [3.8, 4) is 0 Å². The van der Waals surface area contributed by atoms with Gasteiger partial charge in [-0.2, -0.15) is 0 Å². The van der Waals surface area contributed by atoms with E-state index >= 15 is 0 Å². The number of hydrogen-bond donors (Lipinski definition) is 2. The normalized spacial score (nSPS) is 20.5. The molecule has 0 saturated heterocycles. The summed E-state index contributed by atoms with van der Waals surface area (Å²) in [6.45, 7) is 5.42. The van der Waals surface area contributed by atoms with Crippen LogP contribution in [0, 0.1) is 5.92 Å². The third kappa shape index (κ3) is 4.23. The summed E-state index contributed by atoms with van der Waals surface area (Å²) in [5.74, 6) is -1.36. The van der Waals surface area contributed by atoms with Crippen molar-refractivity contribution in [3.63, 3.8) is 0 Å². The molecule has 0 radical (unpaired) electrons. The van der Waals surface area contributed by atoms with Crippen molar-refractivity contribution in [1.82, 2.24) is 5.32 Å². The Bertz CT molecular complexity index is 928. The summed E-state index contributed by atoms with van der Waals surface area (Å²) < 4.78 is 5.33. The standard InChI is InChI=1S/C22H24N2O5/c1-13-14(2)24(15(3)25)19-10-9-17(21(26)27)11-18(19)20(13)23-22(28)29-12-16-7-5-4-6-8-16/h4-11,13-14,20H,12H2,1-3H3,(H,23,28)(H,26,27). The van der Waals surface area contributed by atoms with Crippen molar-refractivity contribution >= 4 is 23.7 Å². The Morgan fingerprint density at radius 2 is 1.79 bits per heavy atom. The van der Waals surface area contributed by atoms with E-state index in [0.717, 1.165) is 5.56 Å². The largest absolute Gasteiger partial charge is 0.478 e. The Morgan fingerprint density at radius 1 is 1.10 bits per heavy atom. The molecule has 3 atom stereocenters. The third-order valence-electron chi connectivity index (χ3n) is 5.39. The van der Waals surface area contributed by atoms with Gasteiger partial charge in [-0.1, -0.05) is 37.3 Å². The van der Waals surface area contributed by atoms with Crippen molar-refractivity contribution in [1.29, 1.82) is 0 Å². The summed E-state index contributed by atoms with van der Waals surface area (Å²) in [7, 11) is 0. The number of nitrogens with one attached hydrogen (secondary N) is 1. The average molecular weight is 396 g/mol. The molecule has 1 heterocycles. The number of benzene rings is 2. The number of rotatable bonds is 4. The van der Waals surface area contributed by atoms with Crippen molar-refractivity contribution in [2.45, 2.75) is 39.5 Å². The molecule has 1 aliphatic heterocycles. The van der Waals surface area contributed by atoms with Crippen molar-refractivity contribution in [3.05, 3.63) is 65.2 Å². The highest BCUT2D eigenvalue weighted by Crippen LogP contribution is 2.41. The minimum atomic E-state index is -1.07. The van der Waals surface area contributed by atoms with E-state index in [1.54, 1.807) is 11.0 Å². The summed E-state index contributed by atoms with van der Waals surface area (Å²) >= 11 is 0. The van der Waals surface area contributed by atoms with E-state index in [1.807, 2.05) is 44.2 Å². The molecule has 0 aliphatic carbocycles. The highest BCUT2D eigenvalue weighted by molar-refractivity contribution is 5.95. The molecule has 152 valence electrons. The van der Waals surface area contributed by atoms with Crippen LogP contribution in [0.15, 0.2) is 48.5 Å². The third-order valence-corrected chi connectivity index (χ3v) is 5.39. The minimum absolute atomic E-state index is 0.0958. The maximum absolute atomic E-state index is 12.5. The van der Waals surface area contributed by atoms with E-state index in [-0.39, 0.29) is 30.0 Å². The molecular formula is C22H24N2O5. The number of carbonyl (C=O) groups is 3. The van der Waals surface area contributed by atoms with Crippen LogP contribution in [0.4, 0.5) is 10.5 Å². The van der Waals surface area contributed by atoms with Gasteiger partial charge in [-0.25, -0.2) is 9.59 Å². The molecule has 29 heavy (non-hydrogen) atoms. The predicted octanol–water partition coefficient (Wildman–Crippen LogP) is 3.74. The smallest absolute Gasteiger partial charge is 0.407 e. The number of fused-ring (bicyclic) bond motifs is 1. The molecule has 0 aromatic heterocycles. The summed E-state index contributed by atoms with van der Waals surface area (Å²) in [5, 5.41) is 12.2. The van der Waals surface area contributed by atoms with E-state index < -0.39 is 18.1 Å². The van der Waals surface area contributed by atoms with Crippen LogP contribution in [0.3, 0.4) is 0 Å². The number of carbonyl (C=O) groups excluding carboxylic acids is 2. The van der Waals surface area contributed by atoms with Crippen molar-refractivity contribution in [2.75, 3.05) is 4.90 Å². The van der Waals surface area contributed by atoms with Gasteiger partial charge in [0.1, 0.15) is 6.61 Å². The monoisotopic (exact) mass is 396 g/mol. The fraction of sp³-hybridized carbons (Fsp3) is 0.318. The number of carboxylic acids is 1. The summed E-state index contributed by atoms with van der Waals surface area (Å²) in [6, 6.07) is 13.2. The molecule has 2 amide bonds. The Kier molecular flexibility index (Phi) is 5.87. The molecule has 0 spiro atoms. The SMILES string of the molecule is CC(=O)N1c2ccc(C(=O)O)cc2C(NC(=O)OCc2ccccc2)C(C)C1C. The van der Waals surface area contributed by atoms with Gasteiger partial charge in [0.15, 0.2) is 0 Å². The average Bonchev–Trinajstić information content (AvgIpc) is 2.70.